The molecule has 0 radical (unpaired) electrons. The van der Waals surface area contributed by atoms with Crippen LogP contribution in [0.25, 0.3) is 32.7 Å². The maximum atomic E-state index is 13.5. The zero-order valence-electron chi connectivity index (χ0n) is 15.3. The Morgan fingerprint density at radius 3 is 2.26 bits per heavy atom. The van der Waals surface area contributed by atoms with E-state index >= 15 is 0 Å². The van der Waals surface area contributed by atoms with Gasteiger partial charge in [0.2, 0.25) is 0 Å². The molecule has 136 valence electrons. The minimum absolute atomic E-state index is 0.0147. The number of ether oxygens (including phenoxy) is 1. The van der Waals surface area contributed by atoms with Crippen LogP contribution in [-0.2, 0) is 11.3 Å². The van der Waals surface area contributed by atoms with Crippen molar-refractivity contribution < 1.29 is 4.74 Å². The number of nitrogens with zero attached hydrogens (tertiary/aromatic N) is 2. The Morgan fingerprint density at radius 2 is 1.63 bits per heavy atom. The van der Waals surface area contributed by atoms with Crippen LogP contribution >= 0.6 is 11.3 Å². The van der Waals surface area contributed by atoms with E-state index < -0.39 is 0 Å². The Hall–Kier alpha value is -2.76. The standard InChI is InChI=1S/C22H20N2O2S/c1-15-18(16-9-5-3-6-10-16)19-21(27-15)23-20(17-11-7-4-8-12-17)24(22(19)25)13-14-26-2/h3-12H,13-14H2,1-2H3. The third-order valence-corrected chi connectivity index (χ3v) is 5.60. The number of methoxy groups -OCH3 is 1. The topological polar surface area (TPSA) is 44.1 Å². The molecular weight excluding hydrogens is 356 g/mol. The minimum Gasteiger partial charge on any atom is -0.383 e. The molecule has 4 rings (SSSR count). The molecule has 0 bridgehead atoms. The van der Waals surface area contributed by atoms with Gasteiger partial charge in [0.05, 0.1) is 18.5 Å². The Morgan fingerprint density at radius 1 is 1.00 bits per heavy atom. The van der Waals surface area contributed by atoms with Gasteiger partial charge in [0.1, 0.15) is 10.7 Å². The van der Waals surface area contributed by atoms with Crippen molar-refractivity contribution in [1.29, 1.82) is 0 Å². The van der Waals surface area contributed by atoms with Gasteiger partial charge in [-0.1, -0.05) is 60.7 Å². The lowest BCUT2D eigenvalue weighted by atomic mass is 10.0. The second-order valence-electron chi connectivity index (χ2n) is 6.33. The summed E-state index contributed by atoms with van der Waals surface area (Å²) in [6.07, 6.45) is 0. The summed E-state index contributed by atoms with van der Waals surface area (Å²) >= 11 is 1.57. The average molecular weight is 376 g/mol. The Balaban J connectivity index is 2.03. The van der Waals surface area contributed by atoms with Gasteiger partial charge in [-0.05, 0) is 12.5 Å². The number of aryl methyl sites for hydroxylation is 1. The molecule has 0 aliphatic heterocycles. The summed E-state index contributed by atoms with van der Waals surface area (Å²) in [5, 5.41) is 0.694. The molecule has 2 aromatic carbocycles. The highest BCUT2D eigenvalue weighted by Crippen LogP contribution is 2.36. The highest BCUT2D eigenvalue weighted by molar-refractivity contribution is 7.19. The first kappa shape index (κ1) is 17.6. The number of thiophene rings is 1. The van der Waals surface area contributed by atoms with Crippen LogP contribution in [0.4, 0.5) is 0 Å². The maximum absolute atomic E-state index is 13.5. The van der Waals surface area contributed by atoms with Crippen LogP contribution in [0.3, 0.4) is 0 Å². The maximum Gasteiger partial charge on any atom is 0.263 e. The van der Waals surface area contributed by atoms with E-state index in [1.165, 1.54) is 0 Å². The number of fused-ring (bicyclic) bond motifs is 1. The zero-order valence-corrected chi connectivity index (χ0v) is 16.1. The Bertz CT molecular complexity index is 1130. The summed E-state index contributed by atoms with van der Waals surface area (Å²) in [4.78, 5) is 20.3. The number of rotatable bonds is 5. The quantitative estimate of drug-likeness (QED) is 0.505. The predicted molar refractivity (Wildman–Crippen MR) is 111 cm³/mol. The molecule has 27 heavy (non-hydrogen) atoms. The molecule has 0 N–H and O–H groups in total. The van der Waals surface area contributed by atoms with Gasteiger partial charge in [0, 0.05) is 23.1 Å². The molecule has 0 spiro atoms. The summed E-state index contributed by atoms with van der Waals surface area (Å²) in [5.41, 5.74) is 2.95. The van der Waals surface area contributed by atoms with Crippen LogP contribution in [0.5, 0.6) is 0 Å². The number of hydrogen-bond donors (Lipinski definition) is 0. The molecule has 0 aliphatic carbocycles. The van der Waals surface area contributed by atoms with E-state index in [0.717, 1.165) is 26.4 Å². The molecule has 4 nitrogen and oxygen atoms in total. The van der Waals surface area contributed by atoms with Crippen molar-refractivity contribution in [2.45, 2.75) is 13.5 Å². The fourth-order valence-electron chi connectivity index (χ4n) is 3.34. The lowest BCUT2D eigenvalue weighted by Crippen LogP contribution is -2.25. The Kier molecular flexibility index (Phi) is 4.88. The third-order valence-electron chi connectivity index (χ3n) is 4.60. The molecule has 4 aromatic rings. The van der Waals surface area contributed by atoms with Gasteiger partial charge < -0.3 is 4.74 Å². The lowest BCUT2D eigenvalue weighted by Gasteiger charge is -2.13. The molecule has 5 heteroatoms. The van der Waals surface area contributed by atoms with Crippen molar-refractivity contribution >= 4 is 21.6 Å². The Labute approximate surface area is 161 Å². The van der Waals surface area contributed by atoms with E-state index in [-0.39, 0.29) is 5.56 Å². The predicted octanol–water partition coefficient (Wildman–Crippen LogP) is 4.75. The monoisotopic (exact) mass is 376 g/mol. The van der Waals surface area contributed by atoms with E-state index in [1.54, 1.807) is 23.0 Å². The molecule has 0 saturated heterocycles. The van der Waals surface area contributed by atoms with Crippen LogP contribution in [0.2, 0.25) is 0 Å². The number of aromatic nitrogens is 2. The van der Waals surface area contributed by atoms with Gasteiger partial charge in [-0.2, -0.15) is 0 Å². The lowest BCUT2D eigenvalue weighted by molar-refractivity contribution is 0.186. The van der Waals surface area contributed by atoms with Gasteiger partial charge in [-0.25, -0.2) is 4.98 Å². The summed E-state index contributed by atoms with van der Waals surface area (Å²) < 4.78 is 6.97. The molecule has 0 saturated carbocycles. The van der Waals surface area contributed by atoms with Crippen molar-refractivity contribution in [3.05, 3.63) is 75.9 Å². The van der Waals surface area contributed by atoms with E-state index in [1.807, 2.05) is 60.7 Å². The van der Waals surface area contributed by atoms with Gasteiger partial charge >= 0.3 is 0 Å². The molecule has 0 amide bonds. The highest BCUT2D eigenvalue weighted by Gasteiger charge is 2.20. The molecule has 0 aliphatic rings. The largest absolute Gasteiger partial charge is 0.383 e. The van der Waals surface area contributed by atoms with E-state index in [2.05, 4.69) is 6.92 Å². The second kappa shape index (κ2) is 7.47. The second-order valence-corrected chi connectivity index (χ2v) is 7.53. The van der Waals surface area contributed by atoms with Gasteiger partial charge in [0.15, 0.2) is 0 Å². The van der Waals surface area contributed by atoms with Crippen molar-refractivity contribution in [1.82, 2.24) is 9.55 Å². The number of hydrogen-bond acceptors (Lipinski definition) is 4. The van der Waals surface area contributed by atoms with Crippen LogP contribution < -0.4 is 5.56 Å². The smallest absolute Gasteiger partial charge is 0.263 e. The van der Waals surface area contributed by atoms with Crippen LogP contribution in [0, 0.1) is 6.92 Å². The molecule has 0 fully saturated rings. The van der Waals surface area contributed by atoms with Gasteiger partial charge in [-0.15, -0.1) is 11.3 Å². The van der Waals surface area contributed by atoms with Crippen molar-refractivity contribution in [2.75, 3.05) is 13.7 Å². The third kappa shape index (κ3) is 3.20. The van der Waals surface area contributed by atoms with E-state index in [4.69, 9.17) is 9.72 Å². The first-order chi connectivity index (χ1) is 13.2. The zero-order chi connectivity index (χ0) is 18.8. The molecule has 0 atom stereocenters. The summed E-state index contributed by atoms with van der Waals surface area (Å²) in [5.74, 6) is 0.686. The first-order valence-electron chi connectivity index (χ1n) is 8.84. The van der Waals surface area contributed by atoms with Gasteiger partial charge in [0.25, 0.3) is 5.56 Å². The molecule has 0 unspecified atom stereocenters. The fraction of sp³-hybridized carbons (Fsp3) is 0.182. The molecular formula is C22H20N2O2S. The van der Waals surface area contributed by atoms with Crippen LogP contribution in [0.1, 0.15) is 4.88 Å². The molecule has 2 heterocycles. The van der Waals surface area contributed by atoms with Gasteiger partial charge in [-0.3, -0.25) is 9.36 Å². The molecule has 2 aromatic heterocycles. The normalized spacial score (nSPS) is 11.2. The van der Waals surface area contributed by atoms with Crippen molar-refractivity contribution in [3.8, 4) is 22.5 Å². The van der Waals surface area contributed by atoms with Crippen molar-refractivity contribution in [3.63, 3.8) is 0 Å². The number of benzene rings is 2. The minimum atomic E-state index is -0.0147. The summed E-state index contributed by atoms with van der Waals surface area (Å²) in [6, 6.07) is 19.9. The fourth-order valence-corrected chi connectivity index (χ4v) is 4.38. The first-order valence-corrected chi connectivity index (χ1v) is 9.66. The summed E-state index contributed by atoms with van der Waals surface area (Å²) in [7, 11) is 1.64. The van der Waals surface area contributed by atoms with Crippen LogP contribution in [0.15, 0.2) is 65.5 Å². The average Bonchev–Trinajstić information content (AvgIpc) is 3.04. The SMILES string of the molecule is COCCn1c(-c2ccccc2)nc2sc(C)c(-c3ccccc3)c2c1=O. The summed E-state index contributed by atoms with van der Waals surface area (Å²) in [6.45, 7) is 2.97. The van der Waals surface area contributed by atoms with E-state index in [9.17, 15) is 4.79 Å². The van der Waals surface area contributed by atoms with Crippen LogP contribution in [-0.4, -0.2) is 23.3 Å². The highest BCUT2D eigenvalue weighted by atomic mass is 32.1. The van der Waals surface area contributed by atoms with E-state index in [0.29, 0.717) is 24.4 Å². The van der Waals surface area contributed by atoms with Crippen molar-refractivity contribution in [2.24, 2.45) is 0 Å².